The molecule has 0 unspecified atom stereocenters. The maximum atomic E-state index is 5.97. The number of piperidine rings is 1. The van der Waals surface area contributed by atoms with Crippen LogP contribution in [0.25, 0.3) is 0 Å². The first-order valence-corrected chi connectivity index (χ1v) is 6.80. The molecule has 0 aliphatic carbocycles. The second-order valence-electron chi connectivity index (χ2n) is 4.39. The van der Waals surface area contributed by atoms with E-state index in [0.29, 0.717) is 11.2 Å². The molecule has 1 N–H and O–H groups in total. The summed E-state index contributed by atoms with van der Waals surface area (Å²) in [6.07, 6.45) is 2.50. The quantitative estimate of drug-likeness (QED) is 0.718. The Labute approximate surface area is 108 Å². The minimum Gasteiger partial charge on any atom is -0.366 e. The number of fused-ring (bicyclic) bond motifs is 4. The van der Waals surface area contributed by atoms with E-state index in [-0.39, 0.29) is 0 Å². The number of nitrogens with one attached hydrogen (secondary N) is 1. The summed E-state index contributed by atoms with van der Waals surface area (Å²) in [6, 6.07) is 2.49. The summed E-state index contributed by atoms with van der Waals surface area (Å²) < 4.78 is 0. The van der Waals surface area contributed by atoms with E-state index in [1.54, 1.807) is 0 Å². The first-order valence-electron chi connectivity index (χ1n) is 6.42. The van der Waals surface area contributed by atoms with Crippen molar-refractivity contribution in [3.05, 3.63) is 16.8 Å². The van der Waals surface area contributed by atoms with Crippen molar-refractivity contribution in [2.45, 2.75) is 39.7 Å². The molecule has 2 bridgehead atoms. The number of pyridine rings is 1. The lowest BCUT2D eigenvalue weighted by atomic mass is 10.0. The monoisotopic (exact) mass is 253 g/mol. The van der Waals surface area contributed by atoms with Gasteiger partial charge in [-0.15, -0.1) is 0 Å². The minimum absolute atomic E-state index is 0.552. The fourth-order valence-corrected chi connectivity index (χ4v) is 2.87. The summed E-state index contributed by atoms with van der Waals surface area (Å²) in [5, 5.41) is 4.06. The third-order valence-electron chi connectivity index (χ3n) is 3.23. The van der Waals surface area contributed by atoms with E-state index in [1.165, 1.54) is 24.1 Å². The third-order valence-corrected chi connectivity index (χ3v) is 3.42. The van der Waals surface area contributed by atoms with Crippen molar-refractivity contribution in [3.63, 3.8) is 0 Å². The van der Waals surface area contributed by atoms with Crippen LogP contribution in [0.4, 0.5) is 11.5 Å². The fraction of sp³-hybridized carbons (Fsp3) is 0.615. The van der Waals surface area contributed by atoms with Gasteiger partial charge in [0.05, 0.1) is 5.69 Å². The van der Waals surface area contributed by atoms with Gasteiger partial charge < -0.3 is 10.2 Å². The predicted octanol–water partition coefficient (Wildman–Crippen LogP) is 3.46. The number of rotatable bonds is 0. The van der Waals surface area contributed by atoms with E-state index in [9.17, 15) is 0 Å². The highest BCUT2D eigenvalue weighted by atomic mass is 35.5. The first-order chi connectivity index (χ1) is 8.24. The zero-order valence-electron chi connectivity index (χ0n) is 10.8. The minimum atomic E-state index is 0.552. The van der Waals surface area contributed by atoms with Gasteiger partial charge >= 0.3 is 0 Å². The van der Waals surface area contributed by atoms with Crippen molar-refractivity contribution in [3.8, 4) is 0 Å². The SMILES string of the molecule is CC.Cc1cc(Cl)nc2c1N1CCC[C@@H](C1)N2. The number of hydrogen-bond donors (Lipinski definition) is 1. The highest BCUT2D eigenvalue weighted by Gasteiger charge is 2.29. The summed E-state index contributed by atoms with van der Waals surface area (Å²) in [5.74, 6) is 0.968. The average Bonchev–Trinajstić information content (AvgIpc) is 2.30. The lowest BCUT2D eigenvalue weighted by Gasteiger charge is -2.41. The number of hydrogen-bond acceptors (Lipinski definition) is 3. The van der Waals surface area contributed by atoms with Crippen molar-refractivity contribution >= 4 is 23.1 Å². The van der Waals surface area contributed by atoms with Crippen molar-refractivity contribution in [1.82, 2.24) is 4.98 Å². The van der Waals surface area contributed by atoms with Gasteiger partial charge in [0.25, 0.3) is 0 Å². The van der Waals surface area contributed by atoms with Crippen LogP contribution in [-0.4, -0.2) is 24.1 Å². The van der Waals surface area contributed by atoms with Gasteiger partial charge in [0.2, 0.25) is 0 Å². The Morgan fingerprint density at radius 3 is 3.00 bits per heavy atom. The second kappa shape index (κ2) is 5.13. The molecule has 1 fully saturated rings. The molecule has 1 aromatic heterocycles. The van der Waals surface area contributed by atoms with Gasteiger partial charge in [-0.05, 0) is 31.4 Å². The number of halogens is 1. The molecule has 2 aliphatic heterocycles. The second-order valence-corrected chi connectivity index (χ2v) is 4.78. The summed E-state index contributed by atoms with van der Waals surface area (Å²) in [4.78, 5) is 6.80. The first kappa shape index (κ1) is 12.5. The van der Waals surface area contributed by atoms with Gasteiger partial charge in [-0.25, -0.2) is 4.98 Å². The highest BCUT2D eigenvalue weighted by Crippen LogP contribution is 2.36. The molecule has 4 heteroatoms. The molecule has 1 atom stereocenters. The Balaban J connectivity index is 0.000000514. The largest absolute Gasteiger partial charge is 0.366 e. The van der Waals surface area contributed by atoms with E-state index in [0.717, 1.165) is 18.9 Å². The van der Waals surface area contributed by atoms with Gasteiger partial charge in [0.15, 0.2) is 5.82 Å². The van der Waals surface area contributed by atoms with Crippen LogP contribution in [0.5, 0.6) is 0 Å². The third kappa shape index (κ3) is 2.34. The Morgan fingerprint density at radius 2 is 2.24 bits per heavy atom. The molecular weight excluding hydrogens is 234 g/mol. The van der Waals surface area contributed by atoms with Crippen LogP contribution in [-0.2, 0) is 0 Å². The van der Waals surface area contributed by atoms with Gasteiger partial charge in [-0.3, -0.25) is 0 Å². The number of anilines is 2. The Bertz CT molecular complexity index is 406. The van der Waals surface area contributed by atoms with Crippen LogP contribution in [0.3, 0.4) is 0 Å². The van der Waals surface area contributed by atoms with Crippen LogP contribution >= 0.6 is 11.6 Å². The molecule has 0 radical (unpaired) electrons. The smallest absolute Gasteiger partial charge is 0.151 e. The van der Waals surface area contributed by atoms with Gasteiger partial charge in [0, 0.05) is 19.1 Å². The molecule has 0 amide bonds. The molecule has 94 valence electrons. The number of aryl methyl sites for hydroxylation is 1. The van der Waals surface area contributed by atoms with Crippen LogP contribution in [0.2, 0.25) is 5.15 Å². The maximum Gasteiger partial charge on any atom is 0.151 e. The molecule has 1 aromatic rings. The van der Waals surface area contributed by atoms with Crippen molar-refractivity contribution in [2.24, 2.45) is 0 Å². The zero-order valence-corrected chi connectivity index (χ0v) is 11.5. The van der Waals surface area contributed by atoms with E-state index >= 15 is 0 Å². The average molecular weight is 254 g/mol. The van der Waals surface area contributed by atoms with Crippen molar-refractivity contribution < 1.29 is 0 Å². The molecule has 3 rings (SSSR count). The molecule has 2 aliphatic rings. The zero-order chi connectivity index (χ0) is 12.4. The molecule has 3 heterocycles. The maximum absolute atomic E-state index is 5.97. The summed E-state index contributed by atoms with van der Waals surface area (Å²) in [5.41, 5.74) is 2.47. The van der Waals surface area contributed by atoms with E-state index < -0.39 is 0 Å². The fourth-order valence-electron chi connectivity index (χ4n) is 2.62. The number of nitrogens with zero attached hydrogens (tertiary/aromatic N) is 2. The van der Waals surface area contributed by atoms with Crippen LogP contribution in [0.1, 0.15) is 32.3 Å². The van der Waals surface area contributed by atoms with Crippen LogP contribution in [0.15, 0.2) is 6.07 Å². The Hall–Kier alpha value is -0.960. The summed E-state index contributed by atoms with van der Waals surface area (Å²) in [7, 11) is 0. The lowest BCUT2D eigenvalue weighted by molar-refractivity contribution is 0.515. The Kier molecular flexibility index (Phi) is 3.77. The molecule has 0 aromatic carbocycles. The predicted molar refractivity (Wildman–Crippen MR) is 74.2 cm³/mol. The van der Waals surface area contributed by atoms with E-state index in [1.807, 2.05) is 19.9 Å². The van der Waals surface area contributed by atoms with Gasteiger partial charge in [-0.1, -0.05) is 25.4 Å². The summed E-state index contributed by atoms with van der Waals surface area (Å²) >= 11 is 5.97. The molecule has 3 nitrogen and oxygen atoms in total. The lowest BCUT2D eigenvalue weighted by Crippen LogP contribution is -2.46. The van der Waals surface area contributed by atoms with Crippen LogP contribution < -0.4 is 10.2 Å². The van der Waals surface area contributed by atoms with E-state index in [4.69, 9.17) is 11.6 Å². The van der Waals surface area contributed by atoms with Crippen LogP contribution in [0, 0.1) is 6.92 Å². The standard InChI is InChI=1S/C11H14ClN3.C2H6/c1-7-5-9(12)14-11-10(7)15-4-2-3-8(6-15)13-11;1-2/h5,8H,2-4,6H2,1H3,(H,13,14);1-2H3/t8-;/m0./s1. The summed E-state index contributed by atoms with van der Waals surface area (Å²) in [6.45, 7) is 8.36. The normalized spacial score (nSPS) is 20.9. The highest BCUT2D eigenvalue weighted by molar-refractivity contribution is 6.29. The van der Waals surface area contributed by atoms with Gasteiger partial charge in [0.1, 0.15) is 5.15 Å². The van der Waals surface area contributed by atoms with Crippen molar-refractivity contribution in [2.75, 3.05) is 23.3 Å². The molecule has 0 spiro atoms. The van der Waals surface area contributed by atoms with Gasteiger partial charge in [-0.2, -0.15) is 0 Å². The molecule has 17 heavy (non-hydrogen) atoms. The topological polar surface area (TPSA) is 28.2 Å². The Morgan fingerprint density at radius 1 is 1.47 bits per heavy atom. The van der Waals surface area contributed by atoms with E-state index in [2.05, 4.69) is 22.1 Å². The van der Waals surface area contributed by atoms with Crippen molar-refractivity contribution in [1.29, 1.82) is 0 Å². The molecular formula is C13H20ClN3. The molecule has 1 saturated heterocycles. The molecule has 0 saturated carbocycles. The number of aromatic nitrogens is 1.